The maximum Gasteiger partial charge on any atom is 0.164 e. The summed E-state index contributed by atoms with van der Waals surface area (Å²) in [6.07, 6.45) is 0. The molecule has 9 aromatic carbocycles. The van der Waals surface area contributed by atoms with Crippen LogP contribution in [0, 0.1) is 0 Å². The SMILES string of the molecule is c1ccc(-c2cccc(-c3nc(-c4ccccc4)nc(-c4ccc(-c5ccc(-c6cc(-c7ccccc7)c7c(ccc8ccccc87)n6)cc5)c5ccccc45)n3)c2)cc1. The van der Waals surface area contributed by atoms with Crippen molar-refractivity contribution in [1.82, 2.24) is 19.9 Å². The second kappa shape index (κ2) is 15.0. The first-order valence-electron chi connectivity index (χ1n) is 20.2. The molecule has 11 aromatic rings. The van der Waals surface area contributed by atoms with Gasteiger partial charge in [0.1, 0.15) is 0 Å². The summed E-state index contributed by atoms with van der Waals surface area (Å²) >= 11 is 0. The molecule has 0 spiro atoms. The summed E-state index contributed by atoms with van der Waals surface area (Å²) in [5.41, 5.74) is 12.7. The quantitative estimate of drug-likeness (QED) is 0.152. The van der Waals surface area contributed by atoms with Gasteiger partial charge >= 0.3 is 0 Å². The third-order valence-electron chi connectivity index (χ3n) is 11.3. The molecule has 0 saturated heterocycles. The average molecular weight is 765 g/mol. The summed E-state index contributed by atoms with van der Waals surface area (Å²) in [7, 11) is 0. The van der Waals surface area contributed by atoms with E-state index >= 15 is 0 Å². The molecule has 4 heteroatoms. The van der Waals surface area contributed by atoms with E-state index in [1.54, 1.807) is 0 Å². The molecule has 280 valence electrons. The van der Waals surface area contributed by atoms with Gasteiger partial charge in [-0.1, -0.05) is 194 Å². The molecule has 0 atom stereocenters. The monoisotopic (exact) mass is 764 g/mol. The zero-order chi connectivity index (χ0) is 39.8. The van der Waals surface area contributed by atoms with Crippen LogP contribution in [-0.4, -0.2) is 19.9 Å². The summed E-state index contributed by atoms with van der Waals surface area (Å²) in [5, 5.41) is 5.79. The predicted molar refractivity (Wildman–Crippen MR) is 248 cm³/mol. The Labute approximate surface area is 348 Å². The second-order valence-corrected chi connectivity index (χ2v) is 15.0. The first kappa shape index (κ1) is 35.1. The lowest BCUT2D eigenvalue weighted by Crippen LogP contribution is -2.01. The number of hydrogen-bond acceptors (Lipinski definition) is 4. The summed E-state index contributed by atoms with van der Waals surface area (Å²) in [5.74, 6) is 1.90. The van der Waals surface area contributed by atoms with Crippen LogP contribution >= 0.6 is 0 Å². The number of rotatable bonds is 7. The van der Waals surface area contributed by atoms with E-state index < -0.39 is 0 Å². The van der Waals surface area contributed by atoms with Crippen molar-refractivity contribution in [2.45, 2.75) is 0 Å². The van der Waals surface area contributed by atoms with Crippen LogP contribution in [0.5, 0.6) is 0 Å². The van der Waals surface area contributed by atoms with E-state index in [0.717, 1.165) is 66.5 Å². The third-order valence-corrected chi connectivity index (χ3v) is 11.3. The van der Waals surface area contributed by atoms with E-state index in [4.69, 9.17) is 19.9 Å². The molecule has 0 radical (unpaired) electrons. The fourth-order valence-corrected chi connectivity index (χ4v) is 8.38. The Kier molecular flexibility index (Phi) is 8.79. The van der Waals surface area contributed by atoms with Crippen LogP contribution in [0.1, 0.15) is 0 Å². The molecule has 0 unspecified atom stereocenters. The lowest BCUT2D eigenvalue weighted by molar-refractivity contribution is 1.08. The fraction of sp³-hybridized carbons (Fsp3) is 0. The van der Waals surface area contributed by atoms with Crippen molar-refractivity contribution in [1.29, 1.82) is 0 Å². The first-order chi connectivity index (χ1) is 29.7. The van der Waals surface area contributed by atoms with Gasteiger partial charge in [-0.25, -0.2) is 19.9 Å². The van der Waals surface area contributed by atoms with E-state index in [2.05, 4.69) is 182 Å². The van der Waals surface area contributed by atoms with E-state index in [1.165, 1.54) is 27.3 Å². The zero-order valence-corrected chi connectivity index (χ0v) is 32.6. The highest BCUT2D eigenvalue weighted by Gasteiger charge is 2.18. The molecule has 0 fully saturated rings. The standard InChI is InChI=1S/C56H36N4/c1-4-15-37(16-5-1)43-22-14-23-44(35-43)55-58-54(42-20-8-3-9-21-42)59-56(60-55)49-33-32-45(47-25-12-13-26-48(47)49)40-27-29-41(30-28-40)52-36-50(38-17-6-2-7-18-38)53-46-24-11-10-19-39(46)31-34-51(53)57-52/h1-36H. The van der Waals surface area contributed by atoms with Gasteiger partial charge in [0.15, 0.2) is 17.5 Å². The van der Waals surface area contributed by atoms with Gasteiger partial charge < -0.3 is 0 Å². The van der Waals surface area contributed by atoms with Gasteiger partial charge in [-0.2, -0.15) is 0 Å². The van der Waals surface area contributed by atoms with Gasteiger partial charge in [-0.15, -0.1) is 0 Å². The van der Waals surface area contributed by atoms with E-state index in [1.807, 2.05) is 36.4 Å². The summed E-state index contributed by atoms with van der Waals surface area (Å²) in [6.45, 7) is 0. The van der Waals surface area contributed by atoms with E-state index in [-0.39, 0.29) is 0 Å². The third kappa shape index (κ3) is 6.47. The van der Waals surface area contributed by atoms with Crippen LogP contribution < -0.4 is 0 Å². The molecule has 0 aliphatic heterocycles. The molecular formula is C56H36N4. The van der Waals surface area contributed by atoms with Crippen molar-refractivity contribution in [3.05, 3.63) is 218 Å². The number of hydrogen-bond donors (Lipinski definition) is 0. The molecule has 0 aliphatic carbocycles. The van der Waals surface area contributed by atoms with Crippen molar-refractivity contribution in [2.75, 3.05) is 0 Å². The van der Waals surface area contributed by atoms with Gasteiger partial charge in [0.2, 0.25) is 0 Å². The smallest absolute Gasteiger partial charge is 0.164 e. The van der Waals surface area contributed by atoms with Crippen molar-refractivity contribution >= 4 is 32.4 Å². The van der Waals surface area contributed by atoms with Gasteiger partial charge in [0.25, 0.3) is 0 Å². The Balaban J connectivity index is 1.00. The number of nitrogens with zero attached hydrogens (tertiary/aromatic N) is 4. The summed E-state index contributed by atoms with van der Waals surface area (Å²) < 4.78 is 0. The highest BCUT2D eigenvalue weighted by atomic mass is 15.0. The van der Waals surface area contributed by atoms with E-state index in [0.29, 0.717) is 17.5 Å². The lowest BCUT2D eigenvalue weighted by atomic mass is 9.93. The predicted octanol–water partition coefficient (Wildman–Crippen LogP) is 14.4. The minimum Gasteiger partial charge on any atom is -0.248 e. The highest BCUT2D eigenvalue weighted by Crippen LogP contribution is 2.39. The molecule has 4 nitrogen and oxygen atoms in total. The number of pyridine rings is 1. The molecule has 60 heavy (non-hydrogen) atoms. The Bertz CT molecular complexity index is 3350. The minimum atomic E-state index is 0.631. The Morgan fingerprint density at radius 2 is 0.767 bits per heavy atom. The molecule has 2 aromatic heterocycles. The Hall–Kier alpha value is -8.08. The van der Waals surface area contributed by atoms with Gasteiger partial charge in [0, 0.05) is 27.6 Å². The van der Waals surface area contributed by atoms with E-state index in [9.17, 15) is 0 Å². The van der Waals surface area contributed by atoms with Gasteiger partial charge in [0.05, 0.1) is 11.2 Å². The zero-order valence-electron chi connectivity index (χ0n) is 32.6. The fourth-order valence-electron chi connectivity index (χ4n) is 8.38. The number of benzene rings is 9. The average Bonchev–Trinajstić information content (AvgIpc) is 3.34. The van der Waals surface area contributed by atoms with Crippen LogP contribution in [0.3, 0.4) is 0 Å². The molecule has 0 bridgehead atoms. The lowest BCUT2D eigenvalue weighted by Gasteiger charge is -2.14. The van der Waals surface area contributed by atoms with Crippen molar-refractivity contribution < 1.29 is 0 Å². The normalized spacial score (nSPS) is 11.3. The molecular weight excluding hydrogens is 729 g/mol. The van der Waals surface area contributed by atoms with Crippen LogP contribution in [0.2, 0.25) is 0 Å². The maximum atomic E-state index is 5.24. The van der Waals surface area contributed by atoms with Crippen LogP contribution in [0.25, 0.3) is 111 Å². The van der Waals surface area contributed by atoms with Crippen LogP contribution in [0.15, 0.2) is 218 Å². The van der Waals surface area contributed by atoms with Crippen molar-refractivity contribution in [3.63, 3.8) is 0 Å². The molecule has 0 N–H and O–H groups in total. The topological polar surface area (TPSA) is 51.6 Å². The number of aromatic nitrogens is 4. The highest BCUT2D eigenvalue weighted by molar-refractivity contribution is 6.14. The summed E-state index contributed by atoms with van der Waals surface area (Å²) in [6, 6.07) is 76.4. The first-order valence-corrected chi connectivity index (χ1v) is 20.2. The minimum absolute atomic E-state index is 0.631. The van der Waals surface area contributed by atoms with Crippen LogP contribution in [0.4, 0.5) is 0 Å². The van der Waals surface area contributed by atoms with Gasteiger partial charge in [-0.3, -0.25) is 0 Å². The molecule has 0 saturated carbocycles. The molecule has 0 amide bonds. The molecule has 0 aliphatic rings. The molecule has 2 heterocycles. The Morgan fingerprint density at radius 1 is 0.250 bits per heavy atom. The summed E-state index contributed by atoms with van der Waals surface area (Å²) in [4.78, 5) is 20.6. The second-order valence-electron chi connectivity index (χ2n) is 15.0. The number of fused-ring (bicyclic) bond motifs is 4. The largest absolute Gasteiger partial charge is 0.248 e. The Morgan fingerprint density at radius 3 is 1.50 bits per heavy atom. The molecule has 11 rings (SSSR count). The van der Waals surface area contributed by atoms with Gasteiger partial charge in [-0.05, 0) is 79.2 Å². The van der Waals surface area contributed by atoms with Crippen molar-refractivity contribution in [2.24, 2.45) is 0 Å². The van der Waals surface area contributed by atoms with Crippen molar-refractivity contribution in [3.8, 4) is 78.8 Å². The maximum absolute atomic E-state index is 5.24. The van der Waals surface area contributed by atoms with Crippen LogP contribution in [-0.2, 0) is 0 Å².